The summed E-state index contributed by atoms with van der Waals surface area (Å²) in [6, 6.07) is 18.0. The Balaban J connectivity index is 0.000000224. The van der Waals surface area contributed by atoms with Crippen molar-refractivity contribution < 1.29 is 4.79 Å². The van der Waals surface area contributed by atoms with Crippen molar-refractivity contribution >= 4 is 33.0 Å². The lowest BCUT2D eigenvalue weighted by molar-refractivity contribution is 0.112. The molecule has 4 rings (SSSR count). The zero-order valence-electron chi connectivity index (χ0n) is 17.0. The largest absolute Gasteiger partial charge is 0.347 e. The predicted molar refractivity (Wildman–Crippen MR) is 122 cm³/mol. The van der Waals surface area contributed by atoms with E-state index in [4.69, 9.17) is 4.98 Å². The van der Waals surface area contributed by atoms with Gasteiger partial charge < -0.3 is 4.90 Å². The molecule has 0 saturated heterocycles. The van der Waals surface area contributed by atoms with Crippen molar-refractivity contribution in [2.75, 3.05) is 11.9 Å². The molecule has 0 aliphatic heterocycles. The second-order valence-corrected chi connectivity index (χ2v) is 7.91. The van der Waals surface area contributed by atoms with Gasteiger partial charge in [-0.15, -0.1) is 0 Å². The number of aldehydes is 1. The van der Waals surface area contributed by atoms with Crippen LogP contribution in [-0.2, 0) is 13.0 Å². The van der Waals surface area contributed by atoms with Crippen molar-refractivity contribution in [1.82, 2.24) is 9.97 Å². The number of carbonyl (C=O) groups excluding carboxylic acids is 1. The van der Waals surface area contributed by atoms with Gasteiger partial charge in [0, 0.05) is 31.5 Å². The van der Waals surface area contributed by atoms with Gasteiger partial charge >= 0.3 is 0 Å². The molecule has 2 aromatic carbocycles. The third kappa shape index (κ3) is 5.72. The Hall–Kier alpha value is -3.05. The monoisotopic (exact) mass is 403 g/mol. The number of pyridine rings is 1. The normalized spacial score (nSPS) is 10.3. The van der Waals surface area contributed by atoms with Crippen LogP contribution in [0.5, 0.6) is 0 Å². The van der Waals surface area contributed by atoms with Gasteiger partial charge in [0.25, 0.3) is 0 Å². The Morgan fingerprint density at radius 2 is 1.86 bits per heavy atom. The van der Waals surface area contributed by atoms with E-state index in [0.29, 0.717) is 0 Å². The fourth-order valence-electron chi connectivity index (χ4n) is 2.82. The van der Waals surface area contributed by atoms with Crippen LogP contribution in [0.4, 0.5) is 5.13 Å². The summed E-state index contributed by atoms with van der Waals surface area (Å²) in [5.41, 5.74) is 5.56. The summed E-state index contributed by atoms with van der Waals surface area (Å²) in [6.45, 7) is 5.00. The molecule has 0 radical (unpaired) electrons. The number of hydrogen-bond acceptors (Lipinski definition) is 5. The Morgan fingerprint density at radius 1 is 1.07 bits per heavy atom. The van der Waals surface area contributed by atoms with Crippen LogP contribution < -0.4 is 4.90 Å². The number of rotatable bonds is 5. The van der Waals surface area contributed by atoms with E-state index in [1.54, 1.807) is 17.5 Å². The molecule has 0 spiro atoms. The van der Waals surface area contributed by atoms with Crippen molar-refractivity contribution in [2.24, 2.45) is 0 Å². The minimum atomic E-state index is 0.737. The molecule has 0 atom stereocenters. The summed E-state index contributed by atoms with van der Waals surface area (Å²) in [4.78, 5) is 21.2. The highest BCUT2D eigenvalue weighted by Crippen LogP contribution is 2.29. The van der Waals surface area contributed by atoms with Crippen molar-refractivity contribution in [1.29, 1.82) is 0 Å². The summed E-state index contributed by atoms with van der Waals surface area (Å²) < 4.78 is 1.26. The molecule has 0 aliphatic carbocycles. The second-order valence-electron chi connectivity index (χ2n) is 6.90. The summed E-state index contributed by atoms with van der Waals surface area (Å²) in [5, 5.41) is 1.05. The number of aromatic nitrogens is 2. The zero-order chi connectivity index (χ0) is 20.6. The average molecular weight is 404 g/mol. The van der Waals surface area contributed by atoms with Gasteiger partial charge in [-0.3, -0.25) is 9.78 Å². The Labute approximate surface area is 175 Å². The lowest BCUT2D eigenvalue weighted by Crippen LogP contribution is -2.15. The maximum absolute atomic E-state index is 10.1. The molecule has 4 nitrogen and oxygen atoms in total. The maximum atomic E-state index is 10.1. The summed E-state index contributed by atoms with van der Waals surface area (Å²) in [5.74, 6) is 0. The summed E-state index contributed by atoms with van der Waals surface area (Å²) in [6.07, 6.45) is 5.61. The maximum Gasteiger partial charge on any atom is 0.186 e. The average Bonchev–Trinajstić information content (AvgIpc) is 3.19. The van der Waals surface area contributed by atoms with Crippen molar-refractivity contribution in [2.45, 2.75) is 26.8 Å². The highest BCUT2D eigenvalue weighted by molar-refractivity contribution is 7.22. The van der Waals surface area contributed by atoms with Gasteiger partial charge in [0.15, 0.2) is 5.13 Å². The molecule has 0 aliphatic rings. The molecular weight excluding hydrogens is 378 g/mol. The predicted octanol–water partition coefficient (Wildman–Crippen LogP) is 5.70. The third-order valence-electron chi connectivity index (χ3n) is 4.53. The fourth-order valence-corrected chi connectivity index (χ4v) is 3.81. The minimum absolute atomic E-state index is 0.737. The minimum Gasteiger partial charge on any atom is -0.347 e. The first kappa shape index (κ1) is 20.7. The molecule has 0 amide bonds. The fraction of sp³-hybridized carbons (Fsp3) is 0.208. The van der Waals surface area contributed by atoms with Crippen molar-refractivity contribution in [3.05, 3.63) is 89.2 Å². The van der Waals surface area contributed by atoms with Crippen LogP contribution in [0.2, 0.25) is 0 Å². The molecule has 148 valence electrons. The van der Waals surface area contributed by atoms with Crippen LogP contribution in [0, 0.1) is 6.92 Å². The van der Waals surface area contributed by atoms with Crippen LogP contribution in [0.1, 0.15) is 34.0 Å². The number of carbonyl (C=O) groups is 1. The van der Waals surface area contributed by atoms with Gasteiger partial charge in [-0.2, -0.15) is 0 Å². The zero-order valence-corrected chi connectivity index (χ0v) is 17.8. The van der Waals surface area contributed by atoms with E-state index < -0.39 is 0 Å². The van der Waals surface area contributed by atoms with E-state index >= 15 is 0 Å². The van der Waals surface area contributed by atoms with Crippen molar-refractivity contribution in [3.63, 3.8) is 0 Å². The van der Waals surface area contributed by atoms with Gasteiger partial charge in [-0.1, -0.05) is 60.2 Å². The van der Waals surface area contributed by atoms with Gasteiger partial charge in [0.1, 0.15) is 6.29 Å². The van der Waals surface area contributed by atoms with Crippen LogP contribution >= 0.6 is 11.3 Å². The first-order valence-corrected chi connectivity index (χ1v) is 10.4. The number of aryl methyl sites for hydroxylation is 2. The van der Waals surface area contributed by atoms with Crippen LogP contribution in [-0.4, -0.2) is 23.3 Å². The van der Waals surface area contributed by atoms with Gasteiger partial charge in [0.2, 0.25) is 0 Å². The van der Waals surface area contributed by atoms with Gasteiger partial charge in [-0.25, -0.2) is 4.98 Å². The van der Waals surface area contributed by atoms with E-state index in [1.165, 1.54) is 21.4 Å². The summed E-state index contributed by atoms with van der Waals surface area (Å²) >= 11 is 1.75. The van der Waals surface area contributed by atoms with Gasteiger partial charge in [-0.05, 0) is 42.7 Å². The lowest BCUT2D eigenvalue weighted by Gasteiger charge is -2.14. The van der Waals surface area contributed by atoms with E-state index in [1.807, 2.05) is 43.5 Å². The number of thiazole rings is 1. The molecule has 4 aromatic rings. The van der Waals surface area contributed by atoms with E-state index in [-0.39, 0.29) is 0 Å². The second kappa shape index (κ2) is 9.94. The third-order valence-corrected chi connectivity index (χ3v) is 5.66. The topological polar surface area (TPSA) is 46.1 Å². The first-order chi connectivity index (χ1) is 14.1. The number of benzene rings is 2. The van der Waals surface area contributed by atoms with Crippen LogP contribution in [0.15, 0.2) is 67.0 Å². The number of anilines is 1. The van der Waals surface area contributed by atoms with E-state index in [2.05, 4.69) is 48.1 Å². The smallest absolute Gasteiger partial charge is 0.186 e. The number of hydrogen-bond donors (Lipinski definition) is 0. The molecule has 0 unspecified atom stereocenters. The molecule has 29 heavy (non-hydrogen) atoms. The van der Waals surface area contributed by atoms with E-state index in [0.717, 1.165) is 35.5 Å². The summed E-state index contributed by atoms with van der Waals surface area (Å²) in [7, 11) is 2.07. The molecule has 0 saturated carbocycles. The Bertz CT molecular complexity index is 1060. The highest BCUT2D eigenvalue weighted by atomic mass is 32.1. The highest BCUT2D eigenvalue weighted by Gasteiger charge is 2.09. The van der Waals surface area contributed by atoms with Gasteiger partial charge in [0.05, 0.1) is 10.2 Å². The standard InChI is InChI=1S/C16H17N3S.C8H8O/c1-3-12-6-7-14-15(9-12)20-16(18-14)19(2)11-13-5-4-8-17-10-13;1-7-2-4-8(6-9)5-3-7/h4-10H,3,11H2,1-2H3;2-6H,1H3. The molecule has 0 fully saturated rings. The molecular formula is C24H25N3OS. The Morgan fingerprint density at radius 3 is 2.52 bits per heavy atom. The molecule has 0 bridgehead atoms. The molecule has 2 heterocycles. The van der Waals surface area contributed by atoms with Crippen LogP contribution in [0.3, 0.4) is 0 Å². The Kier molecular flexibility index (Phi) is 7.09. The van der Waals surface area contributed by atoms with Crippen LogP contribution in [0.25, 0.3) is 10.2 Å². The lowest BCUT2D eigenvalue weighted by atomic mass is 10.2. The first-order valence-electron chi connectivity index (χ1n) is 9.60. The number of fused-ring (bicyclic) bond motifs is 1. The van der Waals surface area contributed by atoms with E-state index in [9.17, 15) is 4.79 Å². The molecule has 2 aromatic heterocycles. The molecule has 0 N–H and O–H groups in total. The quantitative estimate of drug-likeness (QED) is 0.401. The SMILES string of the molecule is CCc1ccc2nc(N(C)Cc3cccnc3)sc2c1.Cc1ccc(C=O)cc1. The molecule has 5 heteroatoms. The number of nitrogens with zero attached hydrogens (tertiary/aromatic N) is 3. The van der Waals surface area contributed by atoms with Crippen molar-refractivity contribution in [3.8, 4) is 0 Å².